The molecule has 1 rings (SSSR count). The van der Waals surface area contributed by atoms with E-state index < -0.39 is 17.9 Å². The fourth-order valence-corrected chi connectivity index (χ4v) is 1.92. The Morgan fingerprint density at radius 3 is 2.43 bits per heavy atom. The summed E-state index contributed by atoms with van der Waals surface area (Å²) in [7, 11) is 0. The maximum atomic E-state index is 11.4. The van der Waals surface area contributed by atoms with Crippen LogP contribution in [0.2, 0.25) is 0 Å². The number of aliphatic carboxylic acids is 1. The highest BCUT2D eigenvalue weighted by Crippen LogP contribution is 2.22. The van der Waals surface area contributed by atoms with E-state index in [4.69, 9.17) is 9.84 Å². The van der Waals surface area contributed by atoms with Gasteiger partial charge >= 0.3 is 5.97 Å². The molecule has 1 atom stereocenters. The van der Waals surface area contributed by atoms with E-state index in [2.05, 4.69) is 5.32 Å². The molecule has 0 aliphatic heterocycles. The molecule has 0 radical (unpaired) electrons. The minimum atomic E-state index is -1.14. The highest BCUT2D eigenvalue weighted by Gasteiger charge is 2.21. The van der Waals surface area contributed by atoms with Gasteiger partial charge in [0.1, 0.15) is 11.8 Å². The van der Waals surface area contributed by atoms with Gasteiger partial charge in [-0.05, 0) is 37.6 Å². The fourth-order valence-electron chi connectivity index (χ4n) is 1.92. The van der Waals surface area contributed by atoms with E-state index in [1.165, 1.54) is 13.8 Å². The zero-order valence-corrected chi connectivity index (χ0v) is 12.3. The fraction of sp³-hybridized carbons (Fsp3) is 0.400. The number of carboxylic acids is 1. The number of ketones is 1. The first-order valence-corrected chi connectivity index (χ1v) is 6.61. The van der Waals surface area contributed by atoms with Crippen LogP contribution in [-0.2, 0) is 16.0 Å². The second kappa shape index (κ2) is 7.42. The van der Waals surface area contributed by atoms with Crippen molar-refractivity contribution in [1.29, 1.82) is 0 Å². The highest BCUT2D eigenvalue weighted by atomic mass is 16.5. The van der Waals surface area contributed by atoms with Gasteiger partial charge in [0.05, 0.1) is 6.61 Å². The summed E-state index contributed by atoms with van der Waals surface area (Å²) in [5, 5.41) is 11.5. The number of amides is 1. The lowest BCUT2D eigenvalue weighted by Crippen LogP contribution is -2.41. The molecule has 21 heavy (non-hydrogen) atoms. The molecule has 114 valence electrons. The molecule has 0 fully saturated rings. The van der Waals surface area contributed by atoms with Gasteiger partial charge in [0.15, 0.2) is 5.78 Å². The number of nitrogens with one attached hydrogen (secondary N) is 1. The Balaban J connectivity index is 3.11. The number of Topliss-reactive ketones (excluding diaryl/α,β-unsaturated/α-hetero) is 1. The number of rotatable bonds is 7. The van der Waals surface area contributed by atoms with Crippen LogP contribution in [0.25, 0.3) is 0 Å². The summed E-state index contributed by atoms with van der Waals surface area (Å²) in [5.41, 5.74) is 1.05. The minimum Gasteiger partial charge on any atom is -0.494 e. The van der Waals surface area contributed by atoms with Crippen LogP contribution in [0.3, 0.4) is 0 Å². The topological polar surface area (TPSA) is 92.7 Å². The van der Waals surface area contributed by atoms with Crippen molar-refractivity contribution in [3.63, 3.8) is 0 Å². The second-order valence-electron chi connectivity index (χ2n) is 4.61. The van der Waals surface area contributed by atoms with E-state index in [0.717, 1.165) is 0 Å². The Morgan fingerprint density at radius 2 is 1.95 bits per heavy atom. The SMILES string of the molecule is CCOc1ccc(C(C)=O)cc1CC(NC(C)=O)C(=O)O. The number of carbonyl (C=O) groups excluding carboxylic acids is 2. The first kappa shape index (κ1) is 16.7. The zero-order valence-electron chi connectivity index (χ0n) is 12.3. The first-order chi connectivity index (χ1) is 9.85. The molecule has 1 aromatic rings. The second-order valence-corrected chi connectivity index (χ2v) is 4.61. The molecule has 6 heteroatoms. The van der Waals surface area contributed by atoms with E-state index in [9.17, 15) is 14.4 Å². The summed E-state index contributed by atoms with van der Waals surface area (Å²) in [5.74, 6) is -1.17. The molecule has 0 bridgehead atoms. The van der Waals surface area contributed by atoms with Crippen molar-refractivity contribution in [2.45, 2.75) is 33.2 Å². The van der Waals surface area contributed by atoms with Crippen molar-refractivity contribution in [1.82, 2.24) is 5.32 Å². The monoisotopic (exact) mass is 293 g/mol. The van der Waals surface area contributed by atoms with Gasteiger partial charge < -0.3 is 15.2 Å². The summed E-state index contributed by atoms with van der Waals surface area (Å²) in [4.78, 5) is 33.7. The number of benzene rings is 1. The maximum absolute atomic E-state index is 11.4. The molecule has 0 aliphatic rings. The quantitative estimate of drug-likeness (QED) is 0.742. The molecule has 1 aromatic carbocycles. The van der Waals surface area contributed by atoms with Crippen molar-refractivity contribution in [2.24, 2.45) is 0 Å². The Bertz CT molecular complexity index is 553. The lowest BCUT2D eigenvalue weighted by Gasteiger charge is -2.16. The molecular formula is C15H19NO5. The van der Waals surface area contributed by atoms with E-state index in [1.807, 2.05) is 6.92 Å². The van der Waals surface area contributed by atoms with Crippen molar-refractivity contribution >= 4 is 17.7 Å². The Morgan fingerprint density at radius 1 is 1.29 bits per heavy atom. The number of hydrogen-bond donors (Lipinski definition) is 2. The lowest BCUT2D eigenvalue weighted by atomic mass is 10.0. The third-order valence-corrected chi connectivity index (χ3v) is 2.87. The van der Waals surface area contributed by atoms with Crippen LogP contribution >= 0.6 is 0 Å². The summed E-state index contributed by atoms with van der Waals surface area (Å²) in [6.07, 6.45) is 0.0470. The average Bonchev–Trinajstić information content (AvgIpc) is 2.39. The normalized spacial score (nSPS) is 11.6. The molecule has 2 N–H and O–H groups in total. The highest BCUT2D eigenvalue weighted by molar-refractivity contribution is 5.94. The molecule has 0 heterocycles. The van der Waals surface area contributed by atoms with Crippen LogP contribution in [0.4, 0.5) is 0 Å². The van der Waals surface area contributed by atoms with Gasteiger partial charge in [0.2, 0.25) is 5.91 Å². The predicted octanol–water partition coefficient (Wildman–Crippen LogP) is 1.42. The number of carbonyl (C=O) groups is 3. The largest absolute Gasteiger partial charge is 0.494 e. The van der Waals surface area contributed by atoms with E-state index in [-0.39, 0.29) is 12.2 Å². The molecule has 0 aromatic heterocycles. The van der Waals surface area contributed by atoms with Gasteiger partial charge in [-0.15, -0.1) is 0 Å². The molecule has 0 spiro atoms. The predicted molar refractivity (Wildman–Crippen MR) is 76.6 cm³/mol. The summed E-state index contributed by atoms with van der Waals surface area (Å²) in [6, 6.07) is 3.81. The Hall–Kier alpha value is -2.37. The lowest BCUT2D eigenvalue weighted by molar-refractivity contribution is -0.141. The molecule has 6 nitrogen and oxygen atoms in total. The summed E-state index contributed by atoms with van der Waals surface area (Å²) in [6.45, 7) is 4.92. The Kier molecular flexibility index (Phi) is 5.90. The number of hydrogen-bond acceptors (Lipinski definition) is 4. The minimum absolute atomic E-state index is 0.0470. The molecule has 0 saturated carbocycles. The molecule has 0 saturated heterocycles. The molecule has 1 amide bonds. The molecular weight excluding hydrogens is 274 g/mol. The maximum Gasteiger partial charge on any atom is 0.326 e. The van der Waals surface area contributed by atoms with Gasteiger partial charge in [-0.25, -0.2) is 4.79 Å². The van der Waals surface area contributed by atoms with E-state index in [0.29, 0.717) is 23.5 Å². The van der Waals surface area contributed by atoms with Gasteiger partial charge in [0.25, 0.3) is 0 Å². The van der Waals surface area contributed by atoms with Crippen molar-refractivity contribution < 1.29 is 24.2 Å². The number of ether oxygens (including phenoxy) is 1. The van der Waals surface area contributed by atoms with Crippen LogP contribution in [0.1, 0.15) is 36.7 Å². The van der Waals surface area contributed by atoms with E-state index in [1.54, 1.807) is 18.2 Å². The Labute approximate surface area is 123 Å². The van der Waals surface area contributed by atoms with Gasteiger partial charge in [-0.1, -0.05) is 0 Å². The van der Waals surface area contributed by atoms with Gasteiger partial charge in [-0.2, -0.15) is 0 Å². The van der Waals surface area contributed by atoms with Gasteiger partial charge in [-0.3, -0.25) is 9.59 Å². The van der Waals surface area contributed by atoms with Crippen molar-refractivity contribution in [3.05, 3.63) is 29.3 Å². The van der Waals surface area contributed by atoms with Crippen LogP contribution < -0.4 is 10.1 Å². The van der Waals surface area contributed by atoms with Crippen molar-refractivity contribution in [3.8, 4) is 5.75 Å². The van der Waals surface area contributed by atoms with Crippen LogP contribution in [0.5, 0.6) is 5.75 Å². The van der Waals surface area contributed by atoms with Crippen LogP contribution in [0.15, 0.2) is 18.2 Å². The molecule has 0 aliphatic carbocycles. The third kappa shape index (κ3) is 4.91. The smallest absolute Gasteiger partial charge is 0.326 e. The summed E-state index contributed by atoms with van der Waals surface area (Å²) >= 11 is 0. The zero-order chi connectivity index (χ0) is 16.0. The van der Waals surface area contributed by atoms with Crippen LogP contribution in [-0.4, -0.2) is 35.4 Å². The summed E-state index contributed by atoms with van der Waals surface area (Å²) < 4.78 is 5.44. The average molecular weight is 293 g/mol. The third-order valence-electron chi connectivity index (χ3n) is 2.87. The van der Waals surface area contributed by atoms with E-state index >= 15 is 0 Å². The van der Waals surface area contributed by atoms with Crippen molar-refractivity contribution in [2.75, 3.05) is 6.61 Å². The number of carboxylic acid groups (broad SMARTS) is 1. The molecule has 1 unspecified atom stereocenters. The standard InChI is InChI=1S/C15H19NO5/c1-4-21-14-6-5-11(9(2)17)7-12(14)8-13(15(19)20)16-10(3)18/h5-7,13H,4,8H2,1-3H3,(H,16,18)(H,19,20). The van der Waals surface area contributed by atoms with Gasteiger partial charge in [0, 0.05) is 18.9 Å². The van der Waals surface area contributed by atoms with Crippen LogP contribution in [0, 0.1) is 0 Å². The first-order valence-electron chi connectivity index (χ1n) is 6.61.